The zero-order chi connectivity index (χ0) is 23.5. The predicted octanol–water partition coefficient (Wildman–Crippen LogP) is 4.12. The third-order valence-corrected chi connectivity index (χ3v) is 6.46. The van der Waals surface area contributed by atoms with E-state index in [1.165, 1.54) is 24.4 Å². The number of carbonyl (C=O) groups excluding carboxylic acids is 1. The summed E-state index contributed by atoms with van der Waals surface area (Å²) in [7, 11) is -2.22. The third kappa shape index (κ3) is 5.80. The van der Waals surface area contributed by atoms with Gasteiger partial charge in [-0.05, 0) is 36.4 Å². The average molecular weight is 516 g/mol. The number of nitrogens with one attached hydrogen (secondary N) is 1. The second kappa shape index (κ2) is 9.91. The lowest BCUT2D eigenvalue weighted by Crippen LogP contribution is -2.39. The first-order chi connectivity index (χ1) is 15.1. The van der Waals surface area contributed by atoms with Gasteiger partial charge >= 0.3 is 0 Å². The van der Waals surface area contributed by atoms with Crippen LogP contribution in [0.3, 0.4) is 0 Å². The van der Waals surface area contributed by atoms with Gasteiger partial charge in [-0.25, -0.2) is 18.8 Å². The lowest BCUT2D eigenvalue weighted by molar-refractivity contribution is -0.119. The largest absolute Gasteiger partial charge is 0.497 e. The number of carbonyl (C=O) groups is 1. The number of benzene rings is 2. The summed E-state index contributed by atoms with van der Waals surface area (Å²) in [5.74, 6) is -0.0282. The molecule has 8 nitrogen and oxygen atoms in total. The topological polar surface area (TPSA) is 101 Å². The fourth-order valence-corrected chi connectivity index (χ4v) is 4.07. The molecule has 12 heteroatoms. The van der Waals surface area contributed by atoms with Gasteiger partial charge in [-0.3, -0.25) is 9.10 Å². The van der Waals surface area contributed by atoms with Crippen molar-refractivity contribution in [2.75, 3.05) is 24.2 Å². The minimum absolute atomic E-state index is 0.160. The fraction of sp³-hybridized carbons (Fsp3) is 0.150. The van der Waals surface area contributed by atoms with Crippen molar-refractivity contribution in [3.63, 3.8) is 0 Å². The van der Waals surface area contributed by atoms with Crippen molar-refractivity contribution < 1.29 is 17.9 Å². The van der Waals surface area contributed by atoms with Crippen LogP contribution in [0.5, 0.6) is 5.75 Å². The average Bonchev–Trinajstić information content (AvgIpc) is 2.73. The lowest BCUT2D eigenvalue weighted by Gasteiger charge is -2.21. The Morgan fingerprint density at radius 3 is 2.56 bits per heavy atom. The van der Waals surface area contributed by atoms with Gasteiger partial charge in [0.15, 0.2) is 0 Å². The smallest absolute Gasteiger partial charge is 0.260 e. The second-order valence-electron chi connectivity index (χ2n) is 6.59. The number of rotatable bonds is 7. The zero-order valence-electron chi connectivity index (χ0n) is 16.8. The van der Waals surface area contributed by atoms with Crippen LogP contribution in [0.25, 0.3) is 10.9 Å². The zero-order valence-corrected chi connectivity index (χ0v) is 19.9. The summed E-state index contributed by atoms with van der Waals surface area (Å²) in [6.45, 7) is -0.516. The monoisotopic (exact) mass is 514 g/mol. The van der Waals surface area contributed by atoms with Gasteiger partial charge in [-0.1, -0.05) is 34.8 Å². The van der Waals surface area contributed by atoms with E-state index in [2.05, 4.69) is 15.5 Å². The summed E-state index contributed by atoms with van der Waals surface area (Å²) < 4.78 is 30.4. The number of sulfonamides is 1. The van der Waals surface area contributed by atoms with Crippen LogP contribution < -0.4 is 14.5 Å². The van der Waals surface area contributed by atoms with Crippen LogP contribution in [-0.2, 0) is 14.8 Å². The maximum absolute atomic E-state index is 12.3. The lowest BCUT2D eigenvalue weighted by atomic mass is 10.1. The molecular weight excluding hydrogens is 499 g/mol. The highest BCUT2D eigenvalue weighted by Gasteiger charge is 2.21. The Morgan fingerprint density at radius 2 is 1.91 bits per heavy atom. The number of amides is 1. The number of hydrazone groups is 1. The van der Waals surface area contributed by atoms with Crippen molar-refractivity contribution in [2.45, 2.75) is 0 Å². The number of hydrogen-bond donors (Lipinski definition) is 1. The molecule has 0 saturated carbocycles. The van der Waals surface area contributed by atoms with E-state index in [1.807, 2.05) is 6.07 Å². The van der Waals surface area contributed by atoms with E-state index >= 15 is 0 Å². The Morgan fingerprint density at radius 1 is 1.16 bits per heavy atom. The van der Waals surface area contributed by atoms with Gasteiger partial charge < -0.3 is 4.74 Å². The molecule has 3 aromatic rings. The summed E-state index contributed by atoms with van der Waals surface area (Å²) in [6, 6.07) is 11.3. The van der Waals surface area contributed by atoms with E-state index in [9.17, 15) is 13.2 Å². The maximum atomic E-state index is 12.3. The predicted molar refractivity (Wildman–Crippen MR) is 128 cm³/mol. The van der Waals surface area contributed by atoms with Gasteiger partial charge in [0.05, 0.1) is 40.8 Å². The first kappa shape index (κ1) is 24.1. The Hall–Kier alpha value is -2.59. The van der Waals surface area contributed by atoms with Crippen LogP contribution in [0.4, 0.5) is 5.69 Å². The number of pyridine rings is 1. The van der Waals surface area contributed by atoms with Gasteiger partial charge in [0, 0.05) is 17.0 Å². The third-order valence-electron chi connectivity index (χ3n) is 4.28. The highest BCUT2D eigenvalue weighted by Crippen LogP contribution is 2.28. The quantitative estimate of drug-likeness (QED) is 0.290. The second-order valence-corrected chi connectivity index (χ2v) is 9.67. The van der Waals surface area contributed by atoms with Gasteiger partial charge in [-0.2, -0.15) is 5.10 Å². The molecule has 0 fully saturated rings. The molecule has 0 aliphatic carbocycles. The maximum Gasteiger partial charge on any atom is 0.260 e. The van der Waals surface area contributed by atoms with E-state index in [-0.39, 0.29) is 20.9 Å². The molecule has 0 spiro atoms. The van der Waals surface area contributed by atoms with Crippen molar-refractivity contribution in [3.05, 3.63) is 63.2 Å². The van der Waals surface area contributed by atoms with Crippen molar-refractivity contribution in [2.24, 2.45) is 5.10 Å². The number of fused-ring (bicyclic) bond motifs is 1. The first-order valence-electron chi connectivity index (χ1n) is 8.97. The Kier molecular flexibility index (Phi) is 7.45. The molecular formula is C20H17Cl3N4O4S. The highest BCUT2D eigenvalue weighted by molar-refractivity contribution is 7.92. The number of aromatic nitrogens is 1. The summed E-state index contributed by atoms with van der Waals surface area (Å²) in [6.07, 6.45) is 2.29. The number of nitrogens with zero attached hydrogens (tertiary/aromatic N) is 3. The van der Waals surface area contributed by atoms with E-state index < -0.39 is 22.5 Å². The van der Waals surface area contributed by atoms with Crippen LogP contribution in [0.1, 0.15) is 5.56 Å². The van der Waals surface area contributed by atoms with Crippen molar-refractivity contribution in [3.8, 4) is 5.75 Å². The van der Waals surface area contributed by atoms with Gasteiger partial charge in [0.25, 0.3) is 5.91 Å². The molecule has 0 aliphatic rings. The molecule has 0 aliphatic heterocycles. The molecule has 0 unspecified atom stereocenters. The molecule has 0 radical (unpaired) electrons. The molecule has 1 heterocycles. The van der Waals surface area contributed by atoms with E-state index in [4.69, 9.17) is 39.5 Å². The first-order valence-corrected chi connectivity index (χ1v) is 12.0. The number of methoxy groups -OCH3 is 1. The summed E-state index contributed by atoms with van der Waals surface area (Å²) in [5.41, 5.74) is 3.58. The normalized spacial score (nSPS) is 11.7. The van der Waals surface area contributed by atoms with E-state index in [1.54, 1.807) is 25.3 Å². The number of halogens is 3. The summed E-state index contributed by atoms with van der Waals surface area (Å²) in [5, 5.41) is 5.26. The minimum atomic E-state index is -3.78. The molecule has 0 bridgehead atoms. The van der Waals surface area contributed by atoms with Crippen LogP contribution in [0, 0.1) is 0 Å². The SMILES string of the molecule is COc1ccc2cc(/C=N\NC(=O)CN(c3ccc(Cl)c(Cl)c3)S(C)(=O)=O)c(Cl)nc2c1. The number of hydrogen-bond acceptors (Lipinski definition) is 6. The van der Waals surface area contributed by atoms with Crippen LogP contribution in [0.2, 0.25) is 15.2 Å². The molecule has 1 N–H and O–H groups in total. The summed E-state index contributed by atoms with van der Waals surface area (Å²) >= 11 is 18.0. The Labute approximate surface area is 199 Å². The highest BCUT2D eigenvalue weighted by atomic mass is 35.5. The van der Waals surface area contributed by atoms with Crippen molar-refractivity contribution in [1.29, 1.82) is 0 Å². The van der Waals surface area contributed by atoms with E-state index in [0.29, 0.717) is 16.8 Å². The Balaban J connectivity index is 1.75. The van der Waals surface area contributed by atoms with Gasteiger partial charge in [-0.15, -0.1) is 0 Å². The molecule has 3 rings (SSSR count). The van der Waals surface area contributed by atoms with Crippen molar-refractivity contribution >= 4 is 73.5 Å². The number of anilines is 1. The van der Waals surface area contributed by atoms with Crippen LogP contribution >= 0.6 is 34.8 Å². The van der Waals surface area contributed by atoms with Crippen molar-refractivity contribution in [1.82, 2.24) is 10.4 Å². The van der Waals surface area contributed by atoms with Crippen LogP contribution in [0.15, 0.2) is 47.6 Å². The summed E-state index contributed by atoms with van der Waals surface area (Å²) in [4.78, 5) is 16.6. The van der Waals surface area contributed by atoms with Crippen LogP contribution in [-0.4, -0.2) is 45.4 Å². The standard InChI is InChI=1S/C20H17Cl3N4O4S/c1-31-15-5-3-12-7-13(20(23)25-18(12)9-15)10-24-26-19(28)11-27(32(2,29)30)14-4-6-16(21)17(22)8-14/h3-10H,11H2,1-2H3,(H,26,28)/b24-10-. The minimum Gasteiger partial charge on any atom is -0.497 e. The van der Waals surface area contributed by atoms with E-state index in [0.717, 1.165) is 15.9 Å². The molecule has 168 valence electrons. The number of ether oxygens (including phenoxy) is 1. The molecule has 0 atom stereocenters. The van der Waals surface area contributed by atoms with Gasteiger partial charge in [0.2, 0.25) is 10.0 Å². The molecule has 2 aromatic carbocycles. The molecule has 1 aromatic heterocycles. The molecule has 1 amide bonds. The fourth-order valence-electron chi connectivity index (χ4n) is 2.74. The van der Waals surface area contributed by atoms with Gasteiger partial charge in [0.1, 0.15) is 17.4 Å². The Bertz CT molecular complexity index is 1320. The molecule has 0 saturated heterocycles. The molecule has 32 heavy (non-hydrogen) atoms.